The number of hydrogen-bond acceptors (Lipinski definition) is 4. The number of halogens is 3. The summed E-state index contributed by atoms with van der Waals surface area (Å²) in [5, 5.41) is 3.58. The number of amides is 1. The highest BCUT2D eigenvalue weighted by Gasteiger charge is 2.13. The Bertz CT molecular complexity index is 1050. The van der Waals surface area contributed by atoms with E-state index in [2.05, 4.69) is 5.32 Å². The molecule has 3 aromatic carbocycles. The van der Waals surface area contributed by atoms with Gasteiger partial charge in [0.2, 0.25) is 5.91 Å². The molecule has 0 spiro atoms. The first-order valence-electron chi connectivity index (χ1n) is 8.88. The molecule has 0 aliphatic heterocycles. The van der Waals surface area contributed by atoms with Gasteiger partial charge in [0.05, 0.1) is 18.6 Å². The number of carbonyl (C=O) groups excluding carboxylic acids is 1. The molecule has 0 saturated heterocycles. The third-order valence-corrected chi connectivity index (χ3v) is 5.46. The van der Waals surface area contributed by atoms with E-state index >= 15 is 0 Å². The van der Waals surface area contributed by atoms with Crippen LogP contribution in [0, 0.1) is 5.82 Å². The Labute approximate surface area is 188 Å². The SMILES string of the molecule is COc1ccccc1Oc1ccc(Cl)cc1NC(=O)CSCc1ccc(Cl)cc1F. The smallest absolute Gasteiger partial charge is 0.234 e. The lowest BCUT2D eigenvalue weighted by molar-refractivity contribution is -0.113. The van der Waals surface area contributed by atoms with Gasteiger partial charge in [-0.05, 0) is 48.0 Å². The van der Waals surface area contributed by atoms with Crippen LogP contribution in [0.4, 0.5) is 10.1 Å². The second-order valence-corrected chi connectivity index (χ2v) is 8.03. The Morgan fingerprint density at radius 3 is 2.43 bits per heavy atom. The quantitative estimate of drug-likeness (QED) is 0.397. The Morgan fingerprint density at radius 1 is 1.00 bits per heavy atom. The number of hydrogen-bond donors (Lipinski definition) is 1. The van der Waals surface area contributed by atoms with Crippen LogP contribution in [0.5, 0.6) is 17.2 Å². The fraction of sp³-hybridized carbons (Fsp3) is 0.136. The molecule has 0 saturated carbocycles. The van der Waals surface area contributed by atoms with Gasteiger partial charge >= 0.3 is 0 Å². The van der Waals surface area contributed by atoms with Gasteiger partial charge in [-0.3, -0.25) is 4.79 Å². The first kappa shape index (κ1) is 22.3. The Hall–Kier alpha value is -2.41. The number of nitrogens with one attached hydrogen (secondary N) is 1. The van der Waals surface area contributed by atoms with Gasteiger partial charge in [0.25, 0.3) is 0 Å². The van der Waals surface area contributed by atoms with Crippen molar-refractivity contribution in [1.82, 2.24) is 0 Å². The molecule has 0 aliphatic rings. The number of thioether (sulfide) groups is 1. The molecular formula is C22H18Cl2FNO3S. The van der Waals surface area contributed by atoms with Crippen LogP contribution in [0.2, 0.25) is 10.0 Å². The highest BCUT2D eigenvalue weighted by molar-refractivity contribution is 7.99. The topological polar surface area (TPSA) is 47.6 Å². The summed E-state index contributed by atoms with van der Waals surface area (Å²) in [6.07, 6.45) is 0. The van der Waals surface area contributed by atoms with Crippen LogP contribution in [0.25, 0.3) is 0 Å². The first-order valence-corrected chi connectivity index (χ1v) is 10.8. The number of anilines is 1. The van der Waals surface area contributed by atoms with E-state index < -0.39 is 5.82 Å². The van der Waals surface area contributed by atoms with E-state index in [0.29, 0.717) is 44.3 Å². The van der Waals surface area contributed by atoms with Crippen LogP contribution in [0.1, 0.15) is 5.56 Å². The average Bonchev–Trinajstić information content (AvgIpc) is 2.72. The van der Waals surface area contributed by atoms with Crippen LogP contribution in [-0.4, -0.2) is 18.8 Å². The van der Waals surface area contributed by atoms with Gasteiger partial charge < -0.3 is 14.8 Å². The molecule has 156 valence electrons. The molecule has 4 nitrogen and oxygen atoms in total. The minimum Gasteiger partial charge on any atom is -0.493 e. The Morgan fingerprint density at radius 2 is 1.70 bits per heavy atom. The van der Waals surface area contributed by atoms with E-state index in [-0.39, 0.29) is 11.7 Å². The second kappa shape index (κ2) is 10.6. The zero-order chi connectivity index (χ0) is 21.5. The van der Waals surface area contributed by atoms with Crippen molar-refractivity contribution in [3.63, 3.8) is 0 Å². The van der Waals surface area contributed by atoms with Crippen LogP contribution in [0.15, 0.2) is 60.7 Å². The van der Waals surface area contributed by atoms with Gasteiger partial charge in [-0.25, -0.2) is 4.39 Å². The predicted molar refractivity (Wildman–Crippen MR) is 121 cm³/mol. The number of rotatable bonds is 8. The zero-order valence-electron chi connectivity index (χ0n) is 16.0. The summed E-state index contributed by atoms with van der Waals surface area (Å²) >= 11 is 13.1. The van der Waals surface area contributed by atoms with Gasteiger partial charge in [-0.15, -0.1) is 11.8 Å². The van der Waals surface area contributed by atoms with Crippen molar-refractivity contribution in [3.8, 4) is 17.2 Å². The van der Waals surface area contributed by atoms with Crippen molar-refractivity contribution < 1.29 is 18.7 Å². The van der Waals surface area contributed by atoms with E-state index in [4.69, 9.17) is 32.7 Å². The van der Waals surface area contributed by atoms with Crippen LogP contribution < -0.4 is 14.8 Å². The highest BCUT2D eigenvalue weighted by atomic mass is 35.5. The van der Waals surface area contributed by atoms with E-state index in [1.54, 1.807) is 49.6 Å². The maximum atomic E-state index is 13.8. The van der Waals surface area contributed by atoms with Gasteiger partial charge in [0, 0.05) is 15.8 Å². The molecule has 1 N–H and O–H groups in total. The lowest BCUT2D eigenvalue weighted by Gasteiger charge is -2.14. The molecule has 30 heavy (non-hydrogen) atoms. The number of methoxy groups -OCH3 is 1. The number of ether oxygens (including phenoxy) is 2. The molecule has 0 heterocycles. The fourth-order valence-corrected chi connectivity index (χ4v) is 3.73. The van der Waals surface area contributed by atoms with Gasteiger partial charge in [0.15, 0.2) is 17.2 Å². The maximum Gasteiger partial charge on any atom is 0.234 e. The molecular weight excluding hydrogens is 448 g/mol. The zero-order valence-corrected chi connectivity index (χ0v) is 18.3. The maximum absolute atomic E-state index is 13.8. The van der Waals surface area contributed by atoms with Gasteiger partial charge in [0.1, 0.15) is 5.82 Å². The summed E-state index contributed by atoms with van der Waals surface area (Å²) in [5.41, 5.74) is 0.914. The molecule has 0 aliphatic carbocycles. The molecule has 0 atom stereocenters. The third kappa shape index (κ3) is 6.05. The van der Waals surface area contributed by atoms with E-state index in [0.717, 1.165) is 0 Å². The molecule has 0 aromatic heterocycles. The standard InChI is InChI=1S/C22H18Cl2FNO3S/c1-28-20-4-2-3-5-21(20)29-19-9-8-16(24)11-18(19)26-22(27)13-30-12-14-6-7-15(23)10-17(14)25/h2-11H,12-13H2,1H3,(H,26,27). The molecule has 3 rings (SSSR count). The largest absolute Gasteiger partial charge is 0.493 e. The van der Waals surface area contributed by atoms with Crippen molar-refractivity contribution >= 4 is 46.6 Å². The third-order valence-electron chi connectivity index (χ3n) is 4.01. The molecule has 0 fully saturated rings. The number of benzene rings is 3. The minimum absolute atomic E-state index is 0.128. The monoisotopic (exact) mass is 465 g/mol. The van der Waals surface area contributed by atoms with Gasteiger partial charge in [-0.2, -0.15) is 0 Å². The Kier molecular flexibility index (Phi) is 7.85. The lowest BCUT2D eigenvalue weighted by atomic mass is 10.2. The molecule has 1 amide bonds. The summed E-state index contributed by atoms with van der Waals surface area (Å²) in [4.78, 5) is 12.4. The Balaban J connectivity index is 1.65. The van der Waals surface area contributed by atoms with E-state index in [1.807, 2.05) is 12.1 Å². The normalized spacial score (nSPS) is 10.5. The van der Waals surface area contributed by atoms with E-state index in [1.165, 1.54) is 17.8 Å². The van der Waals surface area contributed by atoms with Crippen molar-refractivity contribution in [2.45, 2.75) is 5.75 Å². The molecule has 3 aromatic rings. The molecule has 0 bridgehead atoms. The van der Waals surface area contributed by atoms with Crippen LogP contribution in [0.3, 0.4) is 0 Å². The predicted octanol–water partition coefficient (Wildman–Crippen LogP) is 6.81. The summed E-state index contributed by atoms with van der Waals surface area (Å²) in [6, 6.07) is 16.6. The number of carbonyl (C=O) groups is 1. The summed E-state index contributed by atoms with van der Waals surface area (Å²) in [5.74, 6) is 1.31. The van der Waals surface area contributed by atoms with Crippen molar-refractivity contribution in [3.05, 3.63) is 82.1 Å². The molecule has 0 unspecified atom stereocenters. The average molecular weight is 466 g/mol. The fourth-order valence-electron chi connectivity index (χ4n) is 2.59. The van der Waals surface area contributed by atoms with E-state index in [9.17, 15) is 9.18 Å². The van der Waals surface area contributed by atoms with Crippen molar-refractivity contribution in [2.75, 3.05) is 18.2 Å². The summed E-state index contributed by atoms with van der Waals surface area (Å²) in [6.45, 7) is 0. The van der Waals surface area contributed by atoms with Crippen LogP contribution >= 0.6 is 35.0 Å². The minimum atomic E-state index is -0.391. The first-order chi connectivity index (χ1) is 14.5. The van der Waals surface area contributed by atoms with Crippen LogP contribution in [-0.2, 0) is 10.5 Å². The summed E-state index contributed by atoms with van der Waals surface area (Å²) < 4.78 is 25.1. The van der Waals surface area contributed by atoms with Gasteiger partial charge in [-0.1, -0.05) is 41.4 Å². The summed E-state index contributed by atoms with van der Waals surface area (Å²) in [7, 11) is 1.55. The second-order valence-electron chi connectivity index (χ2n) is 6.17. The van der Waals surface area contributed by atoms with Crippen molar-refractivity contribution in [2.24, 2.45) is 0 Å². The number of para-hydroxylation sites is 2. The highest BCUT2D eigenvalue weighted by Crippen LogP contribution is 2.36. The molecule has 0 radical (unpaired) electrons. The lowest BCUT2D eigenvalue weighted by Crippen LogP contribution is -2.15. The molecule has 8 heteroatoms. The van der Waals surface area contributed by atoms with Crippen molar-refractivity contribution in [1.29, 1.82) is 0 Å².